The maximum atomic E-state index is 4.68. The molecule has 0 bridgehead atoms. The fourth-order valence-corrected chi connectivity index (χ4v) is 1.76. The van der Waals surface area contributed by atoms with E-state index in [0.717, 1.165) is 29.7 Å². The van der Waals surface area contributed by atoms with Gasteiger partial charge in [-0.15, -0.1) is 0 Å². The van der Waals surface area contributed by atoms with Gasteiger partial charge in [-0.1, -0.05) is 33.8 Å². The van der Waals surface area contributed by atoms with Crippen molar-refractivity contribution >= 4 is 11.0 Å². The maximum absolute atomic E-state index is 4.68. The number of rotatable bonds is 3. The summed E-state index contributed by atoms with van der Waals surface area (Å²) in [7, 11) is 0. The monoisotopic (exact) mass is 216 g/mol. The van der Waals surface area contributed by atoms with Crippen LogP contribution in [-0.2, 0) is 11.8 Å². The third-order valence-electron chi connectivity index (χ3n) is 3.48. The molecule has 0 aliphatic rings. The van der Waals surface area contributed by atoms with Gasteiger partial charge in [0.2, 0.25) is 0 Å². The molecule has 0 saturated heterocycles. The molecule has 0 amide bonds. The zero-order valence-electron chi connectivity index (χ0n) is 10.6. The van der Waals surface area contributed by atoms with Crippen molar-refractivity contribution in [3.05, 3.63) is 29.6 Å². The summed E-state index contributed by atoms with van der Waals surface area (Å²) < 4.78 is 0. The first-order valence-electron chi connectivity index (χ1n) is 6.06. The van der Waals surface area contributed by atoms with Crippen LogP contribution in [0.15, 0.2) is 18.2 Å². The first-order chi connectivity index (χ1) is 7.56. The zero-order valence-corrected chi connectivity index (χ0v) is 10.6. The van der Waals surface area contributed by atoms with Crippen molar-refractivity contribution < 1.29 is 0 Å². The summed E-state index contributed by atoms with van der Waals surface area (Å²) in [5.41, 5.74) is 3.73. The zero-order chi connectivity index (χ0) is 11.8. The molecule has 1 N–H and O–H groups in total. The van der Waals surface area contributed by atoms with Crippen molar-refractivity contribution in [1.29, 1.82) is 0 Å². The Balaban J connectivity index is 2.52. The highest BCUT2D eigenvalue weighted by Crippen LogP contribution is 2.26. The molecule has 2 rings (SSSR count). The van der Waals surface area contributed by atoms with E-state index in [1.807, 2.05) is 0 Å². The molecule has 0 radical (unpaired) electrons. The van der Waals surface area contributed by atoms with E-state index in [9.17, 15) is 0 Å². The number of benzene rings is 1. The Hall–Kier alpha value is -1.31. The molecule has 2 nitrogen and oxygen atoms in total. The molecule has 1 heterocycles. The number of imidazole rings is 1. The average Bonchev–Trinajstić information content (AvgIpc) is 2.72. The van der Waals surface area contributed by atoms with E-state index in [2.05, 4.69) is 55.9 Å². The van der Waals surface area contributed by atoms with Gasteiger partial charge in [0.05, 0.1) is 11.0 Å². The molecular formula is C14H20N2. The van der Waals surface area contributed by atoms with Crippen LogP contribution in [0.3, 0.4) is 0 Å². The lowest BCUT2D eigenvalue weighted by Gasteiger charge is -2.18. The molecule has 2 aromatic rings. The second-order valence-corrected chi connectivity index (χ2v) is 5.03. The van der Waals surface area contributed by atoms with Crippen molar-refractivity contribution in [3.63, 3.8) is 0 Å². The third-order valence-corrected chi connectivity index (χ3v) is 3.48. The molecule has 0 atom stereocenters. The summed E-state index contributed by atoms with van der Waals surface area (Å²) in [6.45, 7) is 8.83. The van der Waals surface area contributed by atoms with E-state index in [4.69, 9.17) is 0 Å². The number of H-pyrrole nitrogens is 1. The lowest BCUT2D eigenvalue weighted by atomic mass is 9.90. The third kappa shape index (κ3) is 1.84. The summed E-state index contributed by atoms with van der Waals surface area (Å²) in [4.78, 5) is 8.13. The van der Waals surface area contributed by atoms with Crippen LogP contribution in [0.5, 0.6) is 0 Å². The average molecular weight is 216 g/mol. The number of aromatic nitrogens is 2. The maximum Gasteiger partial charge on any atom is 0.112 e. The minimum Gasteiger partial charge on any atom is -0.342 e. The first-order valence-corrected chi connectivity index (χ1v) is 6.06. The quantitative estimate of drug-likeness (QED) is 0.830. The molecule has 1 aromatic carbocycles. The number of nitrogens with zero attached hydrogens (tertiary/aromatic N) is 1. The number of nitrogens with one attached hydrogen (secondary N) is 1. The minimum atomic E-state index is 0.130. The Morgan fingerprint density at radius 2 is 2.00 bits per heavy atom. The second-order valence-electron chi connectivity index (χ2n) is 5.03. The number of hydrogen-bond donors (Lipinski definition) is 1. The van der Waals surface area contributed by atoms with Gasteiger partial charge >= 0.3 is 0 Å². The largest absolute Gasteiger partial charge is 0.342 e. The van der Waals surface area contributed by atoms with E-state index in [-0.39, 0.29) is 5.41 Å². The van der Waals surface area contributed by atoms with Crippen LogP contribution in [0.2, 0.25) is 0 Å². The molecule has 0 spiro atoms. The predicted molar refractivity (Wildman–Crippen MR) is 68.8 cm³/mol. The van der Waals surface area contributed by atoms with Gasteiger partial charge in [-0.05, 0) is 30.5 Å². The van der Waals surface area contributed by atoms with Gasteiger partial charge in [-0.25, -0.2) is 4.98 Å². The van der Waals surface area contributed by atoms with Crippen LogP contribution in [-0.4, -0.2) is 9.97 Å². The van der Waals surface area contributed by atoms with E-state index in [1.54, 1.807) is 0 Å². The second kappa shape index (κ2) is 3.93. The van der Waals surface area contributed by atoms with Crippen LogP contribution in [0.1, 0.15) is 45.5 Å². The van der Waals surface area contributed by atoms with Crippen LogP contribution in [0.4, 0.5) is 0 Å². The highest BCUT2D eigenvalue weighted by atomic mass is 14.9. The van der Waals surface area contributed by atoms with Crippen molar-refractivity contribution in [3.8, 4) is 0 Å². The Kier molecular flexibility index (Phi) is 2.75. The van der Waals surface area contributed by atoms with Crippen molar-refractivity contribution in [2.24, 2.45) is 0 Å². The molecule has 0 unspecified atom stereocenters. The minimum absolute atomic E-state index is 0.130. The van der Waals surface area contributed by atoms with Gasteiger partial charge in [0.1, 0.15) is 5.82 Å². The smallest absolute Gasteiger partial charge is 0.112 e. The molecule has 86 valence electrons. The fraction of sp³-hybridized carbons (Fsp3) is 0.500. The summed E-state index contributed by atoms with van der Waals surface area (Å²) in [6.07, 6.45) is 2.16. The Morgan fingerprint density at radius 1 is 1.25 bits per heavy atom. The Bertz CT molecular complexity index is 494. The van der Waals surface area contributed by atoms with E-state index in [1.165, 1.54) is 5.56 Å². The van der Waals surface area contributed by atoms with Gasteiger partial charge in [0.25, 0.3) is 0 Å². The summed E-state index contributed by atoms with van der Waals surface area (Å²) >= 11 is 0. The molecular weight excluding hydrogens is 196 g/mol. The highest BCUT2D eigenvalue weighted by molar-refractivity contribution is 5.76. The molecule has 1 aromatic heterocycles. The highest BCUT2D eigenvalue weighted by Gasteiger charge is 2.21. The number of aryl methyl sites for hydroxylation is 1. The van der Waals surface area contributed by atoms with Crippen LogP contribution >= 0.6 is 0 Å². The normalized spacial score (nSPS) is 12.2. The predicted octanol–water partition coefficient (Wildman–Crippen LogP) is 3.81. The van der Waals surface area contributed by atoms with E-state index < -0.39 is 0 Å². The first kappa shape index (κ1) is 11.2. The molecule has 0 aliphatic carbocycles. The van der Waals surface area contributed by atoms with Crippen LogP contribution in [0, 0.1) is 0 Å². The SMILES string of the molecule is CCc1ccc2nc(C(C)(C)CC)[nH]c2c1. The molecule has 16 heavy (non-hydrogen) atoms. The number of aromatic amines is 1. The molecule has 0 saturated carbocycles. The fourth-order valence-electron chi connectivity index (χ4n) is 1.76. The molecule has 2 heteroatoms. The summed E-state index contributed by atoms with van der Waals surface area (Å²) in [5, 5.41) is 0. The topological polar surface area (TPSA) is 28.7 Å². The lowest BCUT2D eigenvalue weighted by molar-refractivity contribution is 0.479. The van der Waals surface area contributed by atoms with Gasteiger partial charge in [0.15, 0.2) is 0 Å². The standard InChI is InChI=1S/C14H20N2/c1-5-10-7-8-11-12(9-10)16-13(15-11)14(3,4)6-2/h7-9H,5-6H2,1-4H3,(H,15,16). The van der Waals surface area contributed by atoms with Gasteiger partial charge < -0.3 is 4.98 Å². The van der Waals surface area contributed by atoms with E-state index >= 15 is 0 Å². The molecule has 0 fully saturated rings. The molecule has 0 aliphatic heterocycles. The summed E-state index contributed by atoms with van der Waals surface area (Å²) in [6, 6.07) is 6.48. The van der Waals surface area contributed by atoms with Gasteiger partial charge in [-0.2, -0.15) is 0 Å². The van der Waals surface area contributed by atoms with Crippen LogP contribution in [0.25, 0.3) is 11.0 Å². The summed E-state index contributed by atoms with van der Waals surface area (Å²) in [5.74, 6) is 1.10. The number of fused-ring (bicyclic) bond motifs is 1. The van der Waals surface area contributed by atoms with Gasteiger partial charge in [0, 0.05) is 5.41 Å². The van der Waals surface area contributed by atoms with Crippen molar-refractivity contribution in [2.75, 3.05) is 0 Å². The Morgan fingerprint density at radius 3 is 2.62 bits per heavy atom. The van der Waals surface area contributed by atoms with E-state index in [0.29, 0.717) is 0 Å². The van der Waals surface area contributed by atoms with Crippen LogP contribution < -0.4 is 0 Å². The Labute approximate surface area is 97.1 Å². The van der Waals surface area contributed by atoms with Crippen molar-refractivity contribution in [1.82, 2.24) is 9.97 Å². The lowest BCUT2D eigenvalue weighted by Crippen LogP contribution is -2.17. The van der Waals surface area contributed by atoms with Crippen molar-refractivity contribution in [2.45, 2.75) is 46.0 Å². The van der Waals surface area contributed by atoms with Gasteiger partial charge in [-0.3, -0.25) is 0 Å². The number of hydrogen-bond acceptors (Lipinski definition) is 1.